The summed E-state index contributed by atoms with van der Waals surface area (Å²) in [6.07, 6.45) is -0.123. The van der Waals surface area contributed by atoms with Gasteiger partial charge in [-0.25, -0.2) is 9.78 Å². The van der Waals surface area contributed by atoms with E-state index in [1.807, 2.05) is 19.9 Å². The number of amides is 4. The summed E-state index contributed by atoms with van der Waals surface area (Å²) in [5.41, 5.74) is 3.68. The van der Waals surface area contributed by atoms with Crippen LogP contribution >= 0.6 is 0 Å². The lowest BCUT2D eigenvalue weighted by Gasteiger charge is -2.29. The summed E-state index contributed by atoms with van der Waals surface area (Å²) in [5.74, 6) is -0.626. The van der Waals surface area contributed by atoms with Crippen LogP contribution in [0.25, 0.3) is 0 Å². The summed E-state index contributed by atoms with van der Waals surface area (Å²) in [4.78, 5) is 54.2. The molecule has 1 saturated heterocycles. The zero-order valence-corrected chi connectivity index (χ0v) is 17.2. The van der Waals surface area contributed by atoms with Crippen LogP contribution in [0.5, 0.6) is 0 Å². The highest BCUT2D eigenvalue weighted by Crippen LogP contribution is 2.28. The van der Waals surface area contributed by atoms with E-state index in [0.29, 0.717) is 29.9 Å². The second kappa shape index (κ2) is 8.17. The zero-order valence-electron chi connectivity index (χ0n) is 17.2. The van der Waals surface area contributed by atoms with Crippen LogP contribution in [0.4, 0.5) is 10.6 Å². The average Bonchev–Trinajstić information content (AvgIpc) is 3.01. The molecule has 1 aromatic carbocycles. The van der Waals surface area contributed by atoms with Crippen molar-refractivity contribution < 1.29 is 23.9 Å². The molecule has 0 radical (unpaired) electrons. The third kappa shape index (κ3) is 4.40. The molecule has 2 aliphatic rings. The number of hydrogen-bond donors (Lipinski definition) is 2. The minimum absolute atomic E-state index is 0.0182. The number of hydrogen-bond acceptors (Lipinski definition) is 6. The second-order valence-electron chi connectivity index (χ2n) is 7.76. The van der Waals surface area contributed by atoms with Crippen molar-refractivity contribution in [3.05, 3.63) is 58.3 Å². The fourth-order valence-corrected chi connectivity index (χ4v) is 3.89. The van der Waals surface area contributed by atoms with Gasteiger partial charge in [0.25, 0.3) is 5.91 Å². The number of aryl methyl sites for hydroxylation is 2. The molecule has 2 N–H and O–H groups in total. The Kier molecular flexibility index (Phi) is 5.41. The molecule has 4 amide bonds. The summed E-state index contributed by atoms with van der Waals surface area (Å²) in [5, 5.41) is 4.88. The van der Waals surface area contributed by atoms with Gasteiger partial charge in [0.1, 0.15) is 18.5 Å². The Morgan fingerprint density at radius 3 is 2.77 bits per heavy atom. The molecule has 160 valence electrons. The van der Waals surface area contributed by atoms with Crippen molar-refractivity contribution in [2.45, 2.75) is 45.9 Å². The lowest BCUT2D eigenvalue weighted by Crippen LogP contribution is -2.52. The minimum Gasteiger partial charge on any atom is -0.444 e. The number of carbonyl (C=O) groups excluding carboxylic acids is 4. The first-order valence-corrected chi connectivity index (χ1v) is 9.95. The van der Waals surface area contributed by atoms with E-state index in [1.54, 1.807) is 24.3 Å². The van der Waals surface area contributed by atoms with E-state index in [0.717, 1.165) is 16.8 Å². The number of pyridine rings is 1. The van der Waals surface area contributed by atoms with Crippen molar-refractivity contribution in [2.75, 3.05) is 5.32 Å². The van der Waals surface area contributed by atoms with Crippen molar-refractivity contribution in [1.82, 2.24) is 15.2 Å². The van der Waals surface area contributed by atoms with Gasteiger partial charge in [-0.2, -0.15) is 0 Å². The van der Waals surface area contributed by atoms with Crippen molar-refractivity contribution in [3.63, 3.8) is 0 Å². The molecule has 0 bridgehead atoms. The predicted molar refractivity (Wildman–Crippen MR) is 110 cm³/mol. The number of carbonyl (C=O) groups is 4. The summed E-state index contributed by atoms with van der Waals surface area (Å²) in [7, 11) is 0. The quantitative estimate of drug-likeness (QED) is 0.730. The van der Waals surface area contributed by atoms with Gasteiger partial charge in [0.2, 0.25) is 11.8 Å². The molecular formula is C22H22N4O5. The minimum atomic E-state index is -0.659. The fraction of sp³-hybridized carbons (Fsp3) is 0.318. The van der Waals surface area contributed by atoms with Gasteiger partial charge in [-0.05, 0) is 55.2 Å². The first-order chi connectivity index (χ1) is 14.8. The highest BCUT2D eigenvalue weighted by atomic mass is 16.5. The van der Waals surface area contributed by atoms with E-state index < -0.39 is 18.0 Å². The Morgan fingerprint density at radius 2 is 2.03 bits per heavy atom. The molecule has 9 heteroatoms. The number of nitrogens with one attached hydrogen (secondary N) is 2. The number of imide groups is 1. The van der Waals surface area contributed by atoms with Gasteiger partial charge in [0.15, 0.2) is 0 Å². The molecule has 9 nitrogen and oxygen atoms in total. The monoisotopic (exact) mass is 422 g/mol. The van der Waals surface area contributed by atoms with Crippen LogP contribution in [0, 0.1) is 13.8 Å². The molecule has 3 heterocycles. The second-order valence-corrected chi connectivity index (χ2v) is 7.76. The maximum atomic E-state index is 12.9. The van der Waals surface area contributed by atoms with Gasteiger partial charge in [-0.3, -0.25) is 25.0 Å². The van der Waals surface area contributed by atoms with Crippen molar-refractivity contribution in [1.29, 1.82) is 0 Å². The van der Waals surface area contributed by atoms with E-state index >= 15 is 0 Å². The number of aromatic nitrogens is 1. The van der Waals surface area contributed by atoms with Crippen molar-refractivity contribution in [2.24, 2.45) is 0 Å². The van der Waals surface area contributed by atoms with Crippen LogP contribution in [0.15, 0.2) is 30.3 Å². The topological polar surface area (TPSA) is 118 Å². The van der Waals surface area contributed by atoms with Gasteiger partial charge >= 0.3 is 6.09 Å². The smallest absolute Gasteiger partial charge is 0.413 e. The Bertz CT molecular complexity index is 1080. The molecule has 0 aliphatic carbocycles. The number of piperidine rings is 1. The van der Waals surface area contributed by atoms with Crippen LogP contribution in [-0.4, -0.2) is 39.7 Å². The van der Waals surface area contributed by atoms with E-state index in [4.69, 9.17) is 4.74 Å². The van der Waals surface area contributed by atoms with E-state index in [-0.39, 0.29) is 24.8 Å². The number of anilines is 1. The zero-order chi connectivity index (χ0) is 22.1. The normalized spacial score (nSPS) is 17.9. The highest BCUT2D eigenvalue weighted by molar-refractivity contribution is 6.05. The van der Waals surface area contributed by atoms with Gasteiger partial charge in [0.05, 0.1) is 0 Å². The first-order valence-electron chi connectivity index (χ1n) is 9.95. The third-order valence-electron chi connectivity index (χ3n) is 5.29. The molecule has 0 saturated carbocycles. The number of benzene rings is 1. The van der Waals surface area contributed by atoms with Crippen molar-refractivity contribution >= 4 is 29.6 Å². The maximum Gasteiger partial charge on any atom is 0.413 e. The van der Waals surface area contributed by atoms with Crippen LogP contribution in [-0.2, 0) is 27.5 Å². The molecule has 0 spiro atoms. The molecular weight excluding hydrogens is 400 g/mol. The summed E-state index contributed by atoms with van der Waals surface area (Å²) in [6, 6.07) is 8.23. The van der Waals surface area contributed by atoms with Gasteiger partial charge in [-0.1, -0.05) is 12.1 Å². The highest BCUT2D eigenvalue weighted by Gasteiger charge is 2.39. The fourth-order valence-electron chi connectivity index (χ4n) is 3.89. The maximum absolute atomic E-state index is 12.9. The molecule has 31 heavy (non-hydrogen) atoms. The summed E-state index contributed by atoms with van der Waals surface area (Å²) >= 11 is 0. The third-order valence-corrected chi connectivity index (χ3v) is 5.29. The van der Waals surface area contributed by atoms with Crippen LogP contribution in [0.3, 0.4) is 0 Å². The molecule has 1 aromatic heterocycles. The molecule has 2 aliphatic heterocycles. The Hall–Kier alpha value is -3.75. The van der Waals surface area contributed by atoms with Crippen LogP contribution in [0.1, 0.15) is 45.6 Å². The summed E-state index contributed by atoms with van der Waals surface area (Å²) < 4.78 is 5.26. The van der Waals surface area contributed by atoms with E-state index in [9.17, 15) is 19.2 Å². The van der Waals surface area contributed by atoms with E-state index in [2.05, 4.69) is 15.6 Å². The Morgan fingerprint density at radius 1 is 1.23 bits per heavy atom. The van der Waals surface area contributed by atoms with Gasteiger partial charge < -0.3 is 9.64 Å². The Balaban J connectivity index is 1.39. The molecule has 1 unspecified atom stereocenters. The number of fused-ring (bicyclic) bond motifs is 1. The van der Waals surface area contributed by atoms with E-state index in [1.165, 1.54) is 4.90 Å². The largest absolute Gasteiger partial charge is 0.444 e. The number of rotatable bonds is 4. The number of ether oxygens (including phenoxy) is 1. The Labute approximate surface area is 178 Å². The van der Waals surface area contributed by atoms with Crippen LogP contribution in [0.2, 0.25) is 0 Å². The van der Waals surface area contributed by atoms with Gasteiger partial charge in [0, 0.05) is 24.2 Å². The predicted octanol–water partition coefficient (Wildman–Crippen LogP) is 2.21. The molecule has 2 aromatic rings. The molecule has 1 atom stereocenters. The standard InChI is InChI=1S/C22H22N4O5/c1-12-7-13(2)23-18(8-12)24-22(30)31-11-14-3-4-15-10-26(21(29)16(15)9-14)17-5-6-19(27)25-20(17)28/h3-4,7-9,17H,5-6,10-11H2,1-2H3,(H,23,24,30)(H,25,27,28). The molecule has 1 fully saturated rings. The SMILES string of the molecule is Cc1cc(C)nc(NC(=O)OCc2ccc3c(c2)C(=O)N(C2CCC(=O)NC2=O)C3)c1. The van der Waals surface area contributed by atoms with Gasteiger partial charge in [-0.15, -0.1) is 0 Å². The summed E-state index contributed by atoms with van der Waals surface area (Å²) in [6.45, 7) is 4.03. The molecule has 4 rings (SSSR count). The lowest BCUT2D eigenvalue weighted by atomic mass is 10.0. The lowest BCUT2D eigenvalue weighted by molar-refractivity contribution is -0.136. The van der Waals surface area contributed by atoms with Crippen LogP contribution < -0.4 is 10.6 Å². The number of nitrogens with zero attached hydrogens (tertiary/aromatic N) is 2. The average molecular weight is 422 g/mol. The van der Waals surface area contributed by atoms with Crippen molar-refractivity contribution in [3.8, 4) is 0 Å². The first kappa shape index (κ1) is 20.5.